The molecule has 0 aliphatic carbocycles. The fraction of sp³-hybridized carbons (Fsp3) is 0.182. The van der Waals surface area contributed by atoms with Crippen molar-refractivity contribution in [2.75, 3.05) is 0 Å². The van der Waals surface area contributed by atoms with Gasteiger partial charge in [0.1, 0.15) is 5.82 Å². The summed E-state index contributed by atoms with van der Waals surface area (Å²) in [6.07, 6.45) is 3.48. The van der Waals surface area contributed by atoms with E-state index in [0.29, 0.717) is 6.54 Å². The maximum atomic E-state index is 12.9. The molecule has 0 aliphatic heterocycles. The van der Waals surface area contributed by atoms with E-state index < -0.39 is 11.6 Å². The van der Waals surface area contributed by atoms with Gasteiger partial charge < -0.3 is 4.57 Å². The lowest BCUT2D eigenvalue weighted by Crippen LogP contribution is -2.01. The van der Waals surface area contributed by atoms with Crippen LogP contribution in [0, 0.1) is 18.6 Å². The van der Waals surface area contributed by atoms with E-state index in [2.05, 4.69) is 4.98 Å². The van der Waals surface area contributed by atoms with Gasteiger partial charge >= 0.3 is 0 Å². The van der Waals surface area contributed by atoms with Crippen LogP contribution in [-0.2, 0) is 6.54 Å². The van der Waals surface area contributed by atoms with E-state index >= 15 is 0 Å². The van der Waals surface area contributed by atoms with Crippen molar-refractivity contribution in [1.29, 1.82) is 0 Å². The zero-order valence-electron chi connectivity index (χ0n) is 8.24. The molecule has 78 valence electrons. The lowest BCUT2D eigenvalue weighted by Gasteiger charge is -2.05. The highest BCUT2D eigenvalue weighted by atomic mass is 19.2. The van der Waals surface area contributed by atoms with Gasteiger partial charge in [0.2, 0.25) is 0 Å². The number of rotatable bonds is 2. The van der Waals surface area contributed by atoms with Gasteiger partial charge in [-0.05, 0) is 24.6 Å². The Kier molecular flexibility index (Phi) is 2.49. The first kappa shape index (κ1) is 9.83. The van der Waals surface area contributed by atoms with E-state index in [1.807, 2.05) is 11.5 Å². The molecule has 1 heterocycles. The summed E-state index contributed by atoms with van der Waals surface area (Å²) >= 11 is 0. The highest BCUT2D eigenvalue weighted by Crippen LogP contribution is 2.10. The summed E-state index contributed by atoms with van der Waals surface area (Å²) in [7, 11) is 0. The first-order valence-corrected chi connectivity index (χ1v) is 4.58. The van der Waals surface area contributed by atoms with Crippen LogP contribution in [0.4, 0.5) is 8.78 Å². The van der Waals surface area contributed by atoms with Crippen molar-refractivity contribution < 1.29 is 8.78 Å². The standard InChI is InChI=1S/C11H10F2N2/c1-8-14-4-5-15(8)7-9-2-3-10(12)11(13)6-9/h2-6H,7H2,1H3. The van der Waals surface area contributed by atoms with E-state index in [1.165, 1.54) is 6.07 Å². The zero-order valence-corrected chi connectivity index (χ0v) is 8.24. The Bertz CT molecular complexity index is 477. The number of halogens is 2. The maximum Gasteiger partial charge on any atom is 0.159 e. The third kappa shape index (κ3) is 2.03. The second kappa shape index (κ2) is 3.81. The molecule has 1 aromatic heterocycles. The van der Waals surface area contributed by atoms with Gasteiger partial charge in [-0.25, -0.2) is 13.8 Å². The number of nitrogens with zero attached hydrogens (tertiary/aromatic N) is 2. The highest BCUT2D eigenvalue weighted by molar-refractivity contribution is 5.18. The summed E-state index contributed by atoms with van der Waals surface area (Å²) < 4.78 is 27.4. The Hall–Kier alpha value is -1.71. The van der Waals surface area contributed by atoms with Crippen molar-refractivity contribution in [2.45, 2.75) is 13.5 Å². The van der Waals surface area contributed by atoms with Crippen LogP contribution in [0.3, 0.4) is 0 Å². The van der Waals surface area contributed by atoms with Crippen molar-refractivity contribution in [3.05, 3.63) is 53.6 Å². The third-order valence-electron chi connectivity index (χ3n) is 2.26. The normalized spacial score (nSPS) is 10.6. The van der Waals surface area contributed by atoms with Crippen LogP contribution in [0.1, 0.15) is 11.4 Å². The van der Waals surface area contributed by atoms with Crippen molar-refractivity contribution >= 4 is 0 Å². The second-order valence-electron chi connectivity index (χ2n) is 3.35. The summed E-state index contributed by atoms with van der Waals surface area (Å²) in [5.74, 6) is -0.786. The molecule has 0 unspecified atom stereocenters. The molecule has 4 heteroatoms. The Labute approximate surface area is 86.2 Å². The van der Waals surface area contributed by atoms with Gasteiger partial charge in [-0.3, -0.25) is 0 Å². The predicted octanol–water partition coefficient (Wildman–Crippen LogP) is 2.52. The maximum absolute atomic E-state index is 12.9. The number of hydrogen-bond acceptors (Lipinski definition) is 1. The lowest BCUT2D eigenvalue weighted by molar-refractivity contribution is 0.506. The molecule has 2 aromatic rings. The SMILES string of the molecule is Cc1nccn1Cc1ccc(F)c(F)c1. The molecule has 1 aromatic carbocycles. The predicted molar refractivity (Wildman–Crippen MR) is 52.4 cm³/mol. The van der Waals surface area contributed by atoms with E-state index in [4.69, 9.17) is 0 Å². The lowest BCUT2D eigenvalue weighted by atomic mass is 10.2. The molecule has 0 bridgehead atoms. The van der Waals surface area contributed by atoms with Crippen molar-refractivity contribution in [3.8, 4) is 0 Å². The molecule has 0 fully saturated rings. The smallest absolute Gasteiger partial charge is 0.159 e. The Morgan fingerprint density at radius 1 is 1.27 bits per heavy atom. The van der Waals surface area contributed by atoms with Gasteiger partial charge in [-0.1, -0.05) is 6.07 Å². The first-order chi connectivity index (χ1) is 7.16. The molecular formula is C11H10F2N2. The third-order valence-corrected chi connectivity index (χ3v) is 2.26. The molecule has 0 aliphatic rings. The van der Waals surface area contributed by atoms with E-state index in [1.54, 1.807) is 18.5 Å². The second-order valence-corrected chi connectivity index (χ2v) is 3.35. The van der Waals surface area contributed by atoms with Crippen LogP contribution in [-0.4, -0.2) is 9.55 Å². The molecule has 0 radical (unpaired) electrons. The molecule has 2 rings (SSSR count). The van der Waals surface area contributed by atoms with Crippen LogP contribution in [0.5, 0.6) is 0 Å². The summed E-state index contributed by atoms with van der Waals surface area (Å²) in [5, 5.41) is 0. The quantitative estimate of drug-likeness (QED) is 0.741. The molecule has 0 amide bonds. The Morgan fingerprint density at radius 3 is 2.67 bits per heavy atom. The monoisotopic (exact) mass is 208 g/mol. The summed E-state index contributed by atoms with van der Waals surface area (Å²) in [5.41, 5.74) is 0.718. The number of aromatic nitrogens is 2. The van der Waals surface area contributed by atoms with Crippen LogP contribution in [0.2, 0.25) is 0 Å². The number of hydrogen-bond donors (Lipinski definition) is 0. The number of aryl methyl sites for hydroxylation is 1. The minimum atomic E-state index is -0.818. The molecule has 15 heavy (non-hydrogen) atoms. The fourth-order valence-corrected chi connectivity index (χ4v) is 1.41. The first-order valence-electron chi connectivity index (χ1n) is 4.58. The number of benzene rings is 1. The van der Waals surface area contributed by atoms with Crippen LogP contribution >= 0.6 is 0 Å². The minimum Gasteiger partial charge on any atom is -0.331 e. The summed E-state index contributed by atoms with van der Waals surface area (Å²) in [6, 6.07) is 3.91. The summed E-state index contributed by atoms with van der Waals surface area (Å²) in [4.78, 5) is 4.05. The van der Waals surface area contributed by atoms with Gasteiger partial charge in [0.05, 0.1) is 0 Å². The van der Waals surface area contributed by atoms with Crippen LogP contribution < -0.4 is 0 Å². The van der Waals surface area contributed by atoms with Gasteiger partial charge in [0.15, 0.2) is 11.6 Å². The molecular weight excluding hydrogens is 198 g/mol. The van der Waals surface area contributed by atoms with Crippen molar-refractivity contribution in [1.82, 2.24) is 9.55 Å². The Balaban J connectivity index is 2.25. The average Bonchev–Trinajstić information content (AvgIpc) is 2.59. The minimum absolute atomic E-state index is 0.503. The van der Waals surface area contributed by atoms with Gasteiger partial charge in [0, 0.05) is 18.9 Å². The number of imidazole rings is 1. The Morgan fingerprint density at radius 2 is 2.07 bits per heavy atom. The molecule has 0 N–H and O–H groups in total. The van der Waals surface area contributed by atoms with E-state index in [0.717, 1.165) is 17.5 Å². The van der Waals surface area contributed by atoms with E-state index in [9.17, 15) is 8.78 Å². The molecule has 0 spiro atoms. The highest BCUT2D eigenvalue weighted by Gasteiger charge is 2.03. The van der Waals surface area contributed by atoms with E-state index in [-0.39, 0.29) is 0 Å². The topological polar surface area (TPSA) is 17.8 Å². The van der Waals surface area contributed by atoms with Crippen LogP contribution in [0.15, 0.2) is 30.6 Å². The molecule has 2 nitrogen and oxygen atoms in total. The molecule has 0 saturated heterocycles. The van der Waals surface area contributed by atoms with Gasteiger partial charge in [-0.15, -0.1) is 0 Å². The van der Waals surface area contributed by atoms with Gasteiger partial charge in [0.25, 0.3) is 0 Å². The zero-order chi connectivity index (χ0) is 10.8. The van der Waals surface area contributed by atoms with Crippen molar-refractivity contribution in [3.63, 3.8) is 0 Å². The summed E-state index contributed by atoms with van der Waals surface area (Å²) in [6.45, 7) is 2.36. The largest absolute Gasteiger partial charge is 0.331 e. The molecule has 0 saturated carbocycles. The van der Waals surface area contributed by atoms with Gasteiger partial charge in [-0.2, -0.15) is 0 Å². The van der Waals surface area contributed by atoms with Crippen LogP contribution in [0.25, 0.3) is 0 Å². The average molecular weight is 208 g/mol. The fourth-order valence-electron chi connectivity index (χ4n) is 1.41. The van der Waals surface area contributed by atoms with Crippen molar-refractivity contribution in [2.24, 2.45) is 0 Å². The molecule has 0 atom stereocenters.